The maximum Gasteiger partial charge on any atom is 0.00965 e. The minimum absolute atomic E-state index is 0.828. The Morgan fingerprint density at radius 3 is 2.76 bits per heavy atom. The maximum atomic E-state index is 3.85. The average molecular weight is 236 g/mol. The topological polar surface area (TPSA) is 15.3 Å². The van der Waals surface area contributed by atoms with E-state index in [1.165, 1.54) is 64.6 Å². The predicted octanol–water partition coefficient (Wildman–Crippen LogP) is 2.64. The summed E-state index contributed by atoms with van der Waals surface area (Å²) in [5.41, 5.74) is 0. The van der Waals surface area contributed by atoms with Crippen LogP contribution in [0.25, 0.3) is 0 Å². The largest absolute Gasteiger partial charge is 0.314 e. The molecule has 1 N–H and O–H groups in total. The summed E-state index contributed by atoms with van der Waals surface area (Å²) < 4.78 is 0. The molecule has 98 valence electrons. The highest BCUT2D eigenvalue weighted by atomic mass is 15.2. The van der Waals surface area contributed by atoms with Crippen molar-refractivity contribution in [1.82, 2.24) is 10.2 Å². The summed E-state index contributed by atoms with van der Waals surface area (Å²) in [6, 6.07) is 1.81. The molecule has 3 rings (SSSR count). The van der Waals surface area contributed by atoms with Gasteiger partial charge >= 0.3 is 0 Å². The van der Waals surface area contributed by atoms with Gasteiger partial charge in [0.25, 0.3) is 0 Å². The van der Waals surface area contributed by atoms with E-state index in [-0.39, 0.29) is 0 Å². The summed E-state index contributed by atoms with van der Waals surface area (Å²) in [4.78, 5) is 2.73. The normalized spacial score (nSPS) is 39.7. The third kappa shape index (κ3) is 3.23. The van der Waals surface area contributed by atoms with E-state index in [0.29, 0.717) is 0 Å². The van der Waals surface area contributed by atoms with Crippen molar-refractivity contribution >= 4 is 0 Å². The molecule has 0 aromatic rings. The molecule has 2 saturated carbocycles. The Hall–Kier alpha value is -0.0800. The number of nitrogens with zero attached hydrogens (tertiary/aromatic N) is 1. The lowest BCUT2D eigenvalue weighted by atomic mass is 9.87. The molecule has 2 heteroatoms. The third-order valence-corrected chi connectivity index (χ3v) is 5.01. The highest BCUT2D eigenvalue weighted by Crippen LogP contribution is 2.31. The maximum absolute atomic E-state index is 3.85. The first-order chi connectivity index (χ1) is 8.31. The third-order valence-electron chi connectivity index (χ3n) is 5.01. The van der Waals surface area contributed by atoms with E-state index in [0.717, 1.165) is 23.9 Å². The Labute approximate surface area is 106 Å². The fourth-order valence-corrected chi connectivity index (χ4v) is 3.75. The second-order valence-corrected chi connectivity index (χ2v) is 6.76. The Bertz CT molecular complexity index is 249. The van der Waals surface area contributed by atoms with Gasteiger partial charge in [-0.15, -0.1) is 0 Å². The molecular formula is C15H28N2. The Kier molecular flexibility index (Phi) is 3.72. The standard InChI is InChI=1S/C15H28N2/c1-12-3-2-4-14(9-12)16-10-13-7-8-17(11-13)15-5-6-15/h12-16H,2-11H2,1H3. The summed E-state index contributed by atoms with van der Waals surface area (Å²) in [6.45, 7) is 6.44. The summed E-state index contributed by atoms with van der Waals surface area (Å²) in [5, 5.41) is 3.85. The average Bonchev–Trinajstić information content (AvgIpc) is 3.07. The first-order valence-electron chi connectivity index (χ1n) is 7.78. The monoisotopic (exact) mass is 236 g/mol. The molecule has 1 saturated heterocycles. The molecular weight excluding hydrogens is 208 g/mol. The lowest BCUT2D eigenvalue weighted by molar-refractivity contribution is 0.279. The van der Waals surface area contributed by atoms with Crippen LogP contribution in [0.3, 0.4) is 0 Å². The first kappa shape index (κ1) is 12.0. The molecule has 0 amide bonds. The van der Waals surface area contributed by atoms with Crippen LogP contribution < -0.4 is 5.32 Å². The van der Waals surface area contributed by atoms with Crippen molar-refractivity contribution in [2.75, 3.05) is 19.6 Å². The van der Waals surface area contributed by atoms with Gasteiger partial charge in [-0.1, -0.05) is 19.8 Å². The van der Waals surface area contributed by atoms with Gasteiger partial charge in [-0.3, -0.25) is 0 Å². The molecule has 1 aliphatic heterocycles. The smallest absolute Gasteiger partial charge is 0.00965 e. The first-order valence-corrected chi connectivity index (χ1v) is 7.78. The van der Waals surface area contributed by atoms with Crippen LogP contribution in [-0.2, 0) is 0 Å². The summed E-state index contributed by atoms with van der Waals surface area (Å²) in [7, 11) is 0. The molecule has 0 aromatic heterocycles. The fraction of sp³-hybridized carbons (Fsp3) is 1.00. The summed E-state index contributed by atoms with van der Waals surface area (Å²) in [5.74, 6) is 1.89. The van der Waals surface area contributed by atoms with Gasteiger partial charge in [0.05, 0.1) is 0 Å². The van der Waals surface area contributed by atoms with Gasteiger partial charge in [0, 0.05) is 18.6 Å². The van der Waals surface area contributed by atoms with Crippen LogP contribution in [0.4, 0.5) is 0 Å². The van der Waals surface area contributed by atoms with Crippen LogP contribution in [0.2, 0.25) is 0 Å². The second-order valence-electron chi connectivity index (χ2n) is 6.76. The molecule has 2 aliphatic carbocycles. The van der Waals surface area contributed by atoms with Crippen LogP contribution >= 0.6 is 0 Å². The van der Waals surface area contributed by atoms with Crippen molar-refractivity contribution in [2.24, 2.45) is 11.8 Å². The summed E-state index contributed by atoms with van der Waals surface area (Å²) in [6.07, 6.45) is 10.1. The van der Waals surface area contributed by atoms with E-state index >= 15 is 0 Å². The predicted molar refractivity (Wildman–Crippen MR) is 72.1 cm³/mol. The van der Waals surface area contributed by atoms with Crippen molar-refractivity contribution in [3.8, 4) is 0 Å². The van der Waals surface area contributed by atoms with Crippen LogP contribution in [0, 0.1) is 11.8 Å². The van der Waals surface area contributed by atoms with Crippen molar-refractivity contribution in [3.63, 3.8) is 0 Å². The molecule has 2 nitrogen and oxygen atoms in total. The quantitative estimate of drug-likeness (QED) is 0.807. The minimum Gasteiger partial charge on any atom is -0.314 e. The molecule has 0 radical (unpaired) electrons. The van der Waals surface area contributed by atoms with Crippen LogP contribution in [-0.4, -0.2) is 36.6 Å². The number of nitrogens with one attached hydrogen (secondary N) is 1. The van der Waals surface area contributed by atoms with E-state index in [2.05, 4.69) is 17.1 Å². The van der Waals surface area contributed by atoms with Gasteiger partial charge < -0.3 is 10.2 Å². The Morgan fingerprint density at radius 1 is 1.12 bits per heavy atom. The second kappa shape index (κ2) is 5.27. The van der Waals surface area contributed by atoms with E-state index < -0.39 is 0 Å². The number of likely N-dealkylation sites (tertiary alicyclic amines) is 1. The Balaban J connectivity index is 1.36. The molecule has 3 fully saturated rings. The zero-order chi connectivity index (χ0) is 11.7. The molecule has 0 spiro atoms. The SMILES string of the molecule is CC1CCCC(NCC2CCN(C3CC3)C2)C1. The Morgan fingerprint density at radius 2 is 2.00 bits per heavy atom. The molecule has 3 aliphatic rings. The fourth-order valence-electron chi connectivity index (χ4n) is 3.75. The molecule has 17 heavy (non-hydrogen) atoms. The lowest BCUT2D eigenvalue weighted by Crippen LogP contribution is -2.37. The molecule has 0 bridgehead atoms. The van der Waals surface area contributed by atoms with Crippen LogP contribution in [0.15, 0.2) is 0 Å². The minimum atomic E-state index is 0.828. The molecule has 0 aromatic carbocycles. The van der Waals surface area contributed by atoms with Gasteiger partial charge in [0.15, 0.2) is 0 Å². The number of rotatable bonds is 4. The highest BCUT2D eigenvalue weighted by molar-refractivity contribution is 4.90. The van der Waals surface area contributed by atoms with Gasteiger partial charge in [-0.2, -0.15) is 0 Å². The molecule has 3 atom stereocenters. The van der Waals surface area contributed by atoms with Crippen molar-refractivity contribution in [3.05, 3.63) is 0 Å². The van der Waals surface area contributed by atoms with Gasteiger partial charge in [-0.25, -0.2) is 0 Å². The van der Waals surface area contributed by atoms with Gasteiger partial charge in [0.2, 0.25) is 0 Å². The molecule has 3 unspecified atom stereocenters. The highest BCUT2D eigenvalue weighted by Gasteiger charge is 2.34. The van der Waals surface area contributed by atoms with E-state index in [1.807, 2.05) is 0 Å². The zero-order valence-corrected chi connectivity index (χ0v) is 11.3. The van der Waals surface area contributed by atoms with Gasteiger partial charge in [0.1, 0.15) is 0 Å². The van der Waals surface area contributed by atoms with Gasteiger partial charge in [-0.05, 0) is 57.0 Å². The number of hydrogen-bond donors (Lipinski definition) is 1. The van der Waals surface area contributed by atoms with Crippen molar-refractivity contribution in [2.45, 2.75) is 64.0 Å². The van der Waals surface area contributed by atoms with Crippen molar-refractivity contribution < 1.29 is 0 Å². The van der Waals surface area contributed by atoms with Crippen LogP contribution in [0.1, 0.15) is 51.9 Å². The van der Waals surface area contributed by atoms with E-state index in [9.17, 15) is 0 Å². The lowest BCUT2D eigenvalue weighted by Gasteiger charge is -2.28. The van der Waals surface area contributed by atoms with E-state index in [4.69, 9.17) is 0 Å². The zero-order valence-electron chi connectivity index (χ0n) is 11.3. The number of hydrogen-bond acceptors (Lipinski definition) is 2. The van der Waals surface area contributed by atoms with Crippen LogP contribution in [0.5, 0.6) is 0 Å². The summed E-state index contributed by atoms with van der Waals surface area (Å²) >= 11 is 0. The molecule has 1 heterocycles. The van der Waals surface area contributed by atoms with E-state index in [1.54, 1.807) is 0 Å². The van der Waals surface area contributed by atoms with Crippen molar-refractivity contribution in [1.29, 1.82) is 0 Å².